The van der Waals surface area contributed by atoms with Gasteiger partial charge in [0.25, 0.3) is 0 Å². The van der Waals surface area contributed by atoms with Crippen LogP contribution in [0.15, 0.2) is 91.1 Å². The van der Waals surface area contributed by atoms with E-state index >= 15 is 0 Å². The first-order valence-corrected chi connectivity index (χ1v) is 14.3. The van der Waals surface area contributed by atoms with Crippen molar-refractivity contribution in [2.45, 2.75) is 33.3 Å². The van der Waals surface area contributed by atoms with Gasteiger partial charge in [-0.3, -0.25) is 4.79 Å². The number of esters is 1. The highest BCUT2D eigenvalue weighted by Gasteiger charge is 2.21. The third-order valence-electron chi connectivity index (χ3n) is 6.86. The van der Waals surface area contributed by atoms with Crippen LogP contribution in [0.4, 0.5) is 16.3 Å². The number of rotatable bonds is 6. The van der Waals surface area contributed by atoms with Crippen LogP contribution in [0.2, 0.25) is 0 Å². The van der Waals surface area contributed by atoms with Gasteiger partial charge in [0.05, 0.1) is 24.3 Å². The molecule has 0 saturated carbocycles. The molecule has 45 heavy (non-hydrogen) atoms. The third-order valence-corrected chi connectivity index (χ3v) is 6.86. The first kappa shape index (κ1) is 29.3. The minimum absolute atomic E-state index is 0.247. The highest BCUT2D eigenvalue weighted by Crippen LogP contribution is 2.37. The normalized spacial score (nSPS) is 11.4. The van der Waals surface area contributed by atoms with Crippen LogP contribution < -0.4 is 14.8 Å². The lowest BCUT2D eigenvalue weighted by atomic mass is 10.0. The van der Waals surface area contributed by atoms with Crippen molar-refractivity contribution in [2.24, 2.45) is 0 Å². The summed E-state index contributed by atoms with van der Waals surface area (Å²) < 4.78 is 17.7. The smallest absolute Gasteiger partial charge is 0.435 e. The number of carbonyl (C=O) groups is 2. The van der Waals surface area contributed by atoms with Crippen molar-refractivity contribution in [3.8, 4) is 34.0 Å². The Balaban J connectivity index is 1.45. The summed E-state index contributed by atoms with van der Waals surface area (Å²) in [7, 11) is 1.51. The van der Waals surface area contributed by atoms with Crippen molar-refractivity contribution >= 4 is 45.4 Å². The Morgan fingerprint density at radius 1 is 0.822 bits per heavy atom. The summed E-state index contributed by atoms with van der Waals surface area (Å²) in [6.45, 7) is 6.74. The molecule has 0 amide bonds. The van der Waals surface area contributed by atoms with E-state index in [4.69, 9.17) is 24.2 Å². The standard InChI is InChI=1S/C35H31N5O5/c1-21(41)44-31-18-27-28(19-30(31)43-5)38-32(24-13-9-12-23(16-24)22-10-7-6-8-11-22)39-33(27)37-26-14-15-29-25(17-26)20-36-40(29)34(42)45-35(2,3)4/h6-20H,1-5H3,(H,37,38,39). The van der Waals surface area contributed by atoms with Crippen molar-refractivity contribution in [3.63, 3.8) is 0 Å². The van der Waals surface area contributed by atoms with Gasteiger partial charge in [-0.1, -0.05) is 48.5 Å². The molecule has 0 atom stereocenters. The monoisotopic (exact) mass is 601 g/mol. The van der Waals surface area contributed by atoms with Crippen LogP contribution in [0.3, 0.4) is 0 Å². The zero-order chi connectivity index (χ0) is 31.7. The van der Waals surface area contributed by atoms with Crippen LogP contribution in [-0.2, 0) is 9.53 Å². The van der Waals surface area contributed by atoms with Crippen molar-refractivity contribution < 1.29 is 23.8 Å². The number of hydrogen-bond donors (Lipinski definition) is 1. The van der Waals surface area contributed by atoms with Crippen LogP contribution in [0.5, 0.6) is 11.5 Å². The number of hydrogen-bond acceptors (Lipinski definition) is 9. The summed E-state index contributed by atoms with van der Waals surface area (Å²) in [6, 6.07) is 27.0. The topological polar surface area (TPSA) is 117 Å². The quantitative estimate of drug-likeness (QED) is 0.151. The Bertz CT molecular complexity index is 2070. The Hall–Kier alpha value is -5.77. The Kier molecular flexibility index (Phi) is 7.64. The van der Waals surface area contributed by atoms with E-state index in [-0.39, 0.29) is 5.75 Å². The number of aromatic nitrogens is 4. The molecule has 0 unspecified atom stereocenters. The molecular formula is C35H31N5O5. The number of fused-ring (bicyclic) bond motifs is 2. The lowest BCUT2D eigenvalue weighted by Crippen LogP contribution is -2.27. The van der Waals surface area contributed by atoms with E-state index in [9.17, 15) is 9.59 Å². The van der Waals surface area contributed by atoms with Crippen LogP contribution >= 0.6 is 0 Å². The maximum atomic E-state index is 12.7. The number of methoxy groups -OCH3 is 1. The van der Waals surface area contributed by atoms with Gasteiger partial charge in [-0.15, -0.1) is 0 Å². The fourth-order valence-electron chi connectivity index (χ4n) is 4.92. The molecule has 0 aliphatic rings. The lowest BCUT2D eigenvalue weighted by molar-refractivity contribution is -0.132. The van der Waals surface area contributed by atoms with E-state index < -0.39 is 17.7 Å². The number of nitrogens with zero attached hydrogens (tertiary/aromatic N) is 4. The molecule has 4 aromatic carbocycles. The van der Waals surface area contributed by atoms with E-state index in [2.05, 4.69) is 22.5 Å². The Morgan fingerprint density at radius 3 is 2.31 bits per heavy atom. The molecule has 0 spiro atoms. The molecule has 2 heterocycles. The van der Waals surface area contributed by atoms with Crippen LogP contribution in [0, 0.1) is 0 Å². The molecule has 2 aromatic heterocycles. The Morgan fingerprint density at radius 2 is 1.58 bits per heavy atom. The maximum absolute atomic E-state index is 12.7. The molecule has 6 aromatic rings. The number of ether oxygens (including phenoxy) is 3. The fraction of sp³-hybridized carbons (Fsp3) is 0.171. The summed E-state index contributed by atoms with van der Waals surface area (Å²) in [6.07, 6.45) is 1.04. The second kappa shape index (κ2) is 11.7. The number of carbonyl (C=O) groups excluding carboxylic acids is 2. The van der Waals surface area contributed by atoms with Crippen molar-refractivity contribution in [1.29, 1.82) is 0 Å². The predicted molar refractivity (Wildman–Crippen MR) is 173 cm³/mol. The molecule has 0 fully saturated rings. The average molecular weight is 602 g/mol. The van der Waals surface area contributed by atoms with Crippen molar-refractivity contribution in [2.75, 3.05) is 12.4 Å². The largest absolute Gasteiger partial charge is 0.493 e. The van der Waals surface area contributed by atoms with Gasteiger partial charge in [-0.25, -0.2) is 14.8 Å². The second-order valence-corrected chi connectivity index (χ2v) is 11.4. The van der Waals surface area contributed by atoms with Gasteiger partial charge in [0.15, 0.2) is 17.3 Å². The van der Waals surface area contributed by atoms with E-state index in [0.29, 0.717) is 39.5 Å². The van der Waals surface area contributed by atoms with E-state index in [1.807, 2.05) is 54.6 Å². The third kappa shape index (κ3) is 6.30. The van der Waals surface area contributed by atoms with E-state index in [1.54, 1.807) is 45.2 Å². The van der Waals surface area contributed by atoms with Gasteiger partial charge < -0.3 is 19.5 Å². The second-order valence-electron chi connectivity index (χ2n) is 11.4. The first-order valence-electron chi connectivity index (χ1n) is 14.3. The molecule has 1 N–H and O–H groups in total. The van der Waals surface area contributed by atoms with Crippen LogP contribution in [0.25, 0.3) is 44.3 Å². The molecule has 10 nitrogen and oxygen atoms in total. The highest BCUT2D eigenvalue weighted by atomic mass is 16.6. The zero-order valence-electron chi connectivity index (χ0n) is 25.5. The molecule has 0 aliphatic carbocycles. The Labute approximate surface area is 259 Å². The SMILES string of the molecule is COc1cc2nc(-c3cccc(-c4ccccc4)c3)nc(Nc3ccc4c(cnn4C(=O)OC(C)(C)C)c3)c2cc1OC(C)=O. The summed E-state index contributed by atoms with van der Waals surface area (Å²) >= 11 is 0. The molecular weight excluding hydrogens is 570 g/mol. The van der Waals surface area contributed by atoms with Crippen LogP contribution in [-0.4, -0.2) is 44.5 Å². The summed E-state index contributed by atoms with van der Waals surface area (Å²) in [5.74, 6) is 1.10. The minimum Gasteiger partial charge on any atom is -0.493 e. The summed E-state index contributed by atoms with van der Waals surface area (Å²) in [5.41, 5.74) is 4.14. The lowest BCUT2D eigenvalue weighted by Gasteiger charge is -2.19. The zero-order valence-corrected chi connectivity index (χ0v) is 25.5. The maximum Gasteiger partial charge on any atom is 0.435 e. The fourth-order valence-corrected chi connectivity index (χ4v) is 4.92. The minimum atomic E-state index is -0.656. The molecule has 0 saturated heterocycles. The summed E-state index contributed by atoms with van der Waals surface area (Å²) in [4.78, 5) is 34.4. The molecule has 6 rings (SSSR count). The number of benzene rings is 4. The number of anilines is 2. The van der Waals surface area contributed by atoms with Gasteiger partial charge in [-0.05, 0) is 62.2 Å². The number of nitrogens with one attached hydrogen (secondary N) is 1. The van der Waals surface area contributed by atoms with Gasteiger partial charge >= 0.3 is 12.1 Å². The summed E-state index contributed by atoms with van der Waals surface area (Å²) in [5, 5.41) is 8.99. The van der Waals surface area contributed by atoms with Gasteiger partial charge in [0.1, 0.15) is 11.4 Å². The van der Waals surface area contributed by atoms with Crippen LogP contribution in [0.1, 0.15) is 27.7 Å². The molecule has 226 valence electrons. The van der Waals surface area contributed by atoms with E-state index in [0.717, 1.165) is 22.1 Å². The molecule has 0 radical (unpaired) electrons. The predicted octanol–water partition coefficient (Wildman–Crippen LogP) is 7.77. The highest BCUT2D eigenvalue weighted by molar-refractivity contribution is 5.96. The van der Waals surface area contributed by atoms with E-state index in [1.165, 1.54) is 18.7 Å². The average Bonchev–Trinajstić information content (AvgIpc) is 3.44. The molecule has 10 heteroatoms. The first-order chi connectivity index (χ1) is 21.6. The van der Waals surface area contributed by atoms with Crippen molar-refractivity contribution in [1.82, 2.24) is 19.7 Å². The van der Waals surface area contributed by atoms with Crippen molar-refractivity contribution in [3.05, 3.63) is 91.1 Å². The van der Waals surface area contributed by atoms with Gasteiger partial charge in [0.2, 0.25) is 0 Å². The van der Waals surface area contributed by atoms with Gasteiger partial charge in [-0.2, -0.15) is 9.78 Å². The molecule has 0 bridgehead atoms. The van der Waals surface area contributed by atoms with Gasteiger partial charge in [0, 0.05) is 35.0 Å². The molecule has 0 aliphatic heterocycles.